The predicted molar refractivity (Wildman–Crippen MR) is 320 cm³/mol. The molecule has 17 rings (SSSR count). The van der Waals surface area contributed by atoms with Crippen LogP contribution in [0.4, 0.5) is 17.1 Å². The second-order valence-electron chi connectivity index (χ2n) is 21.0. The Morgan fingerprint density at radius 1 is 0.308 bits per heavy atom. The molecule has 78 heavy (non-hydrogen) atoms. The van der Waals surface area contributed by atoms with Crippen LogP contribution in [-0.4, -0.2) is 4.57 Å². The van der Waals surface area contributed by atoms with Gasteiger partial charge in [-0.05, 0) is 152 Å². The summed E-state index contributed by atoms with van der Waals surface area (Å²) in [4.78, 5) is 5.09. The van der Waals surface area contributed by atoms with E-state index in [1.807, 2.05) is 11.8 Å². The highest BCUT2D eigenvalue weighted by atomic mass is 32.2. The van der Waals surface area contributed by atoms with Crippen molar-refractivity contribution in [2.45, 2.75) is 20.6 Å². The number of hydrogen-bond acceptors (Lipinski definition) is 3. The number of nitrogens with zero attached hydrogens (tertiary/aromatic N) is 2. The number of fused-ring (bicyclic) bond motifs is 21. The first kappa shape index (κ1) is 43.6. The summed E-state index contributed by atoms with van der Waals surface area (Å²) in [6.45, 7) is 0. The molecule has 4 heteroatoms. The Morgan fingerprint density at radius 3 is 1.50 bits per heavy atom. The Kier molecular flexibility index (Phi) is 9.20. The highest BCUT2D eigenvalue weighted by Crippen LogP contribution is 2.65. The minimum atomic E-state index is -0.618. The third-order valence-electron chi connectivity index (χ3n) is 17.3. The molecule has 4 aliphatic rings. The van der Waals surface area contributed by atoms with E-state index in [2.05, 4.69) is 289 Å². The molecule has 0 saturated carbocycles. The molecule has 0 atom stereocenters. The van der Waals surface area contributed by atoms with Crippen LogP contribution < -0.4 is 9.64 Å². The van der Waals surface area contributed by atoms with Crippen molar-refractivity contribution < 1.29 is 4.74 Å². The molecular weight excluding hydrogens is 965 g/mol. The molecule has 2 aliphatic heterocycles. The van der Waals surface area contributed by atoms with Crippen LogP contribution in [0.2, 0.25) is 0 Å². The SMILES string of the molecule is c1ccc(-n2c3ccccc3c3ccc(-c4ccc(N(c5ccc6c(c5)-c5ccccc5C65c6ccccc6Sc6ccccc65)c5ccc6c(c5)C5(c7ccccc7Oc7ccccc75)c5ccccc5-6)cc4)cc32)cc1. The van der Waals surface area contributed by atoms with E-state index < -0.39 is 10.8 Å². The minimum absolute atomic E-state index is 0.474. The maximum absolute atomic E-state index is 6.78. The first-order chi connectivity index (χ1) is 38.7. The largest absolute Gasteiger partial charge is 0.457 e. The van der Waals surface area contributed by atoms with E-state index in [-0.39, 0.29) is 0 Å². The van der Waals surface area contributed by atoms with Crippen LogP contribution >= 0.6 is 11.8 Å². The van der Waals surface area contributed by atoms with Crippen molar-refractivity contribution >= 4 is 50.6 Å². The number of anilines is 3. The quantitative estimate of drug-likeness (QED) is 0.171. The number of aromatic nitrogens is 1. The molecule has 2 aliphatic carbocycles. The minimum Gasteiger partial charge on any atom is -0.457 e. The smallest absolute Gasteiger partial charge is 0.132 e. The topological polar surface area (TPSA) is 17.4 Å². The summed E-state index contributed by atoms with van der Waals surface area (Å²) in [6, 6.07) is 104. The lowest BCUT2D eigenvalue weighted by atomic mass is 9.66. The van der Waals surface area contributed by atoms with Gasteiger partial charge in [-0.2, -0.15) is 0 Å². The van der Waals surface area contributed by atoms with E-state index in [0.717, 1.165) is 50.9 Å². The Hall–Kier alpha value is -9.61. The van der Waals surface area contributed by atoms with Crippen molar-refractivity contribution in [3.05, 3.63) is 324 Å². The van der Waals surface area contributed by atoms with E-state index in [9.17, 15) is 0 Å². The number of para-hydroxylation sites is 4. The normalized spacial score (nSPS) is 14.2. The molecule has 13 aromatic rings. The lowest BCUT2D eigenvalue weighted by molar-refractivity contribution is 0.436. The zero-order chi connectivity index (χ0) is 51.1. The fourth-order valence-corrected chi connectivity index (χ4v) is 15.4. The lowest BCUT2D eigenvalue weighted by Gasteiger charge is -2.40. The summed E-state index contributed by atoms with van der Waals surface area (Å²) in [5.74, 6) is 1.77. The van der Waals surface area contributed by atoms with Gasteiger partial charge in [0.15, 0.2) is 0 Å². The molecule has 3 nitrogen and oxygen atoms in total. The molecular formula is C74H46N2OS. The van der Waals surface area contributed by atoms with Crippen LogP contribution in [0.15, 0.2) is 289 Å². The third-order valence-corrected chi connectivity index (χ3v) is 18.5. The molecule has 3 heterocycles. The van der Waals surface area contributed by atoms with Gasteiger partial charge in [-0.25, -0.2) is 0 Å². The van der Waals surface area contributed by atoms with Crippen LogP contribution in [0.25, 0.3) is 60.9 Å². The standard InChI is InChI=1S/C74H46N2OS/c1-2-18-49(19-3-1)76-67-29-13-6-22-56(67)57-41-36-48(44-68(57)76)47-34-37-50(38-35-47)75(51-40-43-61-58(45-51)54-21-5-8-24-60(54)73(61)64-27-11-16-32-71(64)78-72-33-17-12-28-65(72)73)52-39-42-55-53-20-4-7-23-59(53)74(66(55)46-52)62-25-9-14-30-69(62)77-70-31-15-10-26-63(70)74/h1-46H. The summed E-state index contributed by atoms with van der Waals surface area (Å²) in [6.07, 6.45) is 0. The summed E-state index contributed by atoms with van der Waals surface area (Å²) < 4.78 is 9.18. The van der Waals surface area contributed by atoms with E-state index >= 15 is 0 Å². The average Bonchev–Trinajstić information content (AvgIpc) is 4.28. The maximum Gasteiger partial charge on any atom is 0.132 e. The van der Waals surface area contributed by atoms with Gasteiger partial charge < -0.3 is 14.2 Å². The second kappa shape index (κ2) is 16.4. The molecule has 1 aromatic heterocycles. The number of rotatable bonds is 5. The van der Waals surface area contributed by atoms with E-state index in [0.29, 0.717) is 0 Å². The number of benzene rings is 12. The van der Waals surface area contributed by atoms with Gasteiger partial charge in [-0.15, -0.1) is 0 Å². The highest BCUT2D eigenvalue weighted by molar-refractivity contribution is 7.99. The first-order valence-corrected chi connectivity index (χ1v) is 27.7. The third kappa shape index (κ3) is 5.84. The van der Waals surface area contributed by atoms with Gasteiger partial charge in [0, 0.05) is 54.4 Å². The molecule has 364 valence electrons. The summed E-state index contributed by atoms with van der Waals surface area (Å²) >= 11 is 1.88. The van der Waals surface area contributed by atoms with Crippen LogP contribution in [0.1, 0.15) is 44.5 Å². The molecule has 0 saturated heterocycles. The Morgan fingerprint density at radius 2 is 0.795 bits per heavy atom. The summed E-state index contributed by atoms with van der Waals surface area (Å²) in [5, 5.41) is 2.49. The van der Waals surface area contributed by atoms with Crippen LogP contribution in [0.3, 0.4) is 0 Å². The predicted octanol–water partition coefficient (Wildman–Crippen LogP) is 19.2. The molecule has 0 unspecified atom stereocenters. The van der Waals surface area contributed by atoms with Gasteiger partial charge in [-0.3, -0.25) is 0 Å². The first-order valence-electron chi connectivity index (χ1n) is 26.9. The van der Waals surface area contributed by atoms with E-state index in [1.165, 1.54) is 92.8 Å². The van der Waals surface area contributed by atoms with Crippen molar-refractivity contribution in [2.75, 3.05) is 4.90 Å². The monoisotopic (exact) mass is 1010 g/mol. The fraction of sp³-hybridized carbons (Fsp3) is 0.0270. The Labute approximate surface area is 456 Å². The van der Waals surface area contributed by atoms with Gasteiger partial charge in [0.25, 0.3) is 0 Å². The number of ether oxygens (including phenoxy) is 1. The molecule has 0 radical (unpaired) electrons. The highest BCUT2D eigenvalue weighted by Gasteiger charge is 2.52. The van der Waals surface area contributed by atoms with Crippen LogP contribution in [-0.2, 0) is 10.8 Å². The molecule has 2 spiro atoms. The van der Waals surface area contributed by atoms with Gasteiger partial charge >= 0.3 is 0 Å². The molecule has 0 N–H and O–H groups in total. The zero-order valence-electron chi connectivity index (χ0n) is 42.3. The molecule has 0 bridgehead atoms. The van der Waals surface area contributed by atoms with E-state index in [1.54, 1.807) is 0 Å². The van der Waals surface area contributed by atoms with Crippen molar-refractivity contribution in [1.82, 2.24) is 4.57 Å². The van der Waals surface area contributed by atoms with Gasteiger partial charge in [0.1, 0.15) is 11.5 Å². The van der Waals surface area contributed by atoms with Crippen LogP contribution in [0.5, 0.6) is 11.5 Å². The van der Waals surface area contributed by atoms with E-state index in [4.69, 9.17) is 4.74 Å². The van der Waals surface area contributed by atoms with Gasteiger partial charge in [0.05, 0.1) is 21.9 Å². The van der Waals surface area contributed by atoms with Gasteiger partial charge in [-0.1, -0.05) is 206 Å². The fourth-order valence-electron chi connectivity index (χ4n) is 14.2. The lowest BCUT2D eigenvalue weighted by Crippen LogP contribution is -2.32. The van der Waals surface area contributed by atoms with Crippen LogP contribution in [0, 0.1) is 0 Å². The number of hydrogen-bond donors (Lipinski definition) is 0. The molecule has 12 aromatic carbocycles. The second-order valence-corrected chi connectivity index (χ2v) is 22.1. The molecule has 0 amide bonds. The average molecular weight is 1010 g/mol. The Bertz CT molecular complexity index is 4560. The van der Waals surface area contributed by atoms with Crippen molar-refractivity contribution in [3.8, 4) is 50.6 Å². The summed E-state index contributed by atoms with van der Waals surface area (Å²) in [7, 11) is 0. The van der Waals surface area contributed by atoms with Crippen molar-refractivity contribution in [3.63, 3.8) is 0 Å². The van der Waals surface area contributed by atoms with Crippen molar-refractivity contribution in [2.24, 2.45) is 0 Å². The van der Waals surface area contributed by atoms with Crippen molar-refractivity contribution in [1.29, 1.82) is 0 Å². The zero-order valence-corrected chi connectivity index (χ0v) is 43.1. The summed E-state index contributed by atoms with van der Waals surface area (Å²) in [5.41, 5.74) is 23.1. The maximum atomic E-state index is 6.78. The van der Waals surface area contributed by atoms with Gasteiger partial charge in [0.2, 0.25) is 0 Å². The molecule has 0 fully saturated rings. The Balaban J connectivity index is 0.887.